The van der Waals surface area contributed by atoms with Gasteiger partial charge in [0.05, 0.1) is 0 Å². The smallest absolute Gasteiger partial charge is 0.0450 e. The molecule has 0 saturated carbocycles. The summed E-state index contributed by atoms with van der Waals surface area (Å²) in [6.07, 6.45) is 3.62. The highest BCUT2D eigenvalue weighted by Gasteiger charge is 2.05. The molecule has 1 heterocycles. The average molecular weight is 247 g/mol. The van der Waals surface area contributed by atoms with Crippen molar-refractivity contribution < 1.29 is 0 Å². The Morgan fingerprint density at radius 2 is 1.88 bits per heavy atom. The number of pyridine rings is 1. The summed E-state index contributed by atoms with van der Waals surface area (Å²) in [5, 5.41) is 4.25. The van der Waals surface area contributed by atoms with Gasteiger partial charge in [-0.1, -0.05) is 29.8 Å². The van der Waals surface area contributed by atoms with E-state index < -0.39 is 0 Å². The van der Waals surface area contributed by atoms with Gasteiger partial charge in [-0.15, -0.1) is 0 Å². The summed E-state index contributed by atoms with van der Waals surface area (Å²) < 4.78 is 0. The van der Waals surface area contributed by atoms with Crippen LogP contribution < -0.4 is 5.32 Å². The molecule has 1 N–H and O–H groups in total. The highest BCUT2D eigenvalue weighted by atomic mass is 35.5. The first-order valence-corrected chi connectivity index (χ1v) is 6.02. The molecule has 0 aliphatic rings. The molecule has 1 aromatic heterocycles. The Hall–Kier alpha value is -1.38. The van der Waals surface area contributed by atoms with E-state index in [-0.39, 0.29) is 6.04 Å². The maximum atomic E-state index is 6.10. The van der Waals surface area contributed by atoms with Crippen molar-refractivity contribution >= 4 is 11.6 Å². The van der Waals surface area contributed by atoms with Crippen LogP contribution in [0.2, 0.25) is 5.02 Å². The third-order valence-corrected chi connectivity index (χ3v) is 3.13. The Morgan fingerprint density at radius 3 is 2.59 bits per heavy atom. The molecule has 2 nitrogen and oxygen atoms in total. The van der Waals surface area contributed by atoms with Crippen molar-refractivity contribution in [2.75, 3.05) is 0 Å². The summed E-state index contributed by atoms with van der Waals surface area (Å²) in [7, 11) is 0. The lowest BCUT2D eigenvalue weighted by Crippen LogP contribution is -2.18. The molecule has 0 unspecified atom stereocenters. The second-order valence-corrected chi connectivity index (χ2v) is 4.38. The quantitative estimate of drug-likeness (QED) is 0.892. The normalized spacial score (nSPS) is 12.4. The molecule has 0 radical (unpaired) electrons. The van der Waals surface area contributed by atoms with Crippen LogP contribution in [-0.4, -0.2) is 4.98 Å². The molecule has 0 fully saturated rings. The van der Waals surface area contributed by atoms with Crippen LogP contribution in [0.3, 0.4) is 0 Å². The maximum absolute atomic E-state index is 6.10. The zero-order valence-electron chi connectivity index (χ0n) is 9.73. The molecular weight excluding hydrogens is 232 g/mol. The number of nitrogens with one attached hydrogen (secondary N) is 1. The SMILES string of the molecule is C[C@@H](NCc1ccccc1Cl)c1ccncc1. The fourth-order valence-corrected chi connectivity index (χ4v) is 1.88. The maximum Gasteiger partial charge on any atom is 0.0450 e. The van der Waals surface area contributed by atoms with Gasteiger partial charge in [-0.3, -0.25) is 4.98 Å². The minimum atomic E-state index is 0.286. The fourth-order valence-electron chi connectivity index (χ4n) is 1.67. The van der Waals surface area contributed by atoms with Crippen molar-refractivity contribution in [3.05, 3.63) is 64.9 Å². The Kier molecular flexibility index (Phi) is 4.13. The van der Waals surface area contributed by atoms with Gasteiger partial charge in [0, 0.05) is 30.0 Å². The fraction of sp³-hybridized carbons (Fsp3) is 0.214. The van der Waals surface area contributed by atoms with Gasteiger partial charge in [0.2, 0.25) is 0 Å². The first kappa shape index (κ1) is 12.1. The van der Waals surface area contributed by atoms with Crippen LogP contribution in [0.1, 0.15) is 24.1 Å². The van der Waals surface area contributed by atoms with Crippen LogP contribution in [-0.2, 0) is 6.54 Å². The number of benzene rings is 1. The number of rotatable bonds is 4. The van der Waals surface area contributed by atoms with E-state index in [1.165, 1.54) is 5.56 Å². The second-order valence-electron chi connectivity index (χ2n) is 3.97. The van der Waals surface area contributed by atoms with Gasteiger partial charge in [-0.25, -0.2) is 0 Å². The molecule has 2 aromatic rings. The molecule has 3 heteroatoms. The van der Waals surface area contributed by atoms with Gasteiger partial charge < -0.3 is 5.32 Å². The highest BCUT2D eigenvalue weighted by Crippen LogP contribution is 2.17. The predicted octanol–water partition coefficient (Wildman–Crippen LogP) is 3.59. The van der Waals surface area contributed by atoms with Gasteiger partial charge in [0.15, 0.2) is 0 Å². The van der Waals surface area contributed by atoms with Gasteiger partial charge in [0.1, 0.15) is 0 Å². The molecule has 0 aliphatic heterocycles. The molecule has 0 amide bonds. The standard InChI is InChI=1S/C14H15ClN2/c1-11(12-6-8-16-9-7-12)17-10-13-4-2-3-5-14(13)15/h2-9,11,17H,10H2,1H3/t11-/m1/s1. The summed E-state index contributed by atoms with van der Waals surface area (Å²) in [5.74, 6) is 0. The van der Waals surface area contributed by atoms with Crippen LogP contribution in [0, 0.1) is 0 Å². The lowest BCUT2D eigenvalue weighted by Gasteiger charge is -2.14. The Labute approximate surface area is 107 Å². The Bertz CT molecular complexity index is 471. The van der Waals surface area contributed by atoms with Crippen LogP contribution in [0.5, 0.6) is 0 Å². The van der Waals surface area contributed by atoms with Crippen LogP contribution in [0.4, 0.5) is 0 Å². The van der Waals surface area contributed by atoms with Crippen molar-refractivity contribution in [3.63, 3.8) is 0 Å². The Balaban J connectivity index is 1.97. The van der Waals surface area contributed by atoms with Gasteiger partial charge >= 0.3 is 0 Å². The van der Waals surface area contributed by atoms with E-state index in [0.717, 1.165) is 17.1 Å². The van der Waals surface area contributed by atoms with Crippen molar-refractivity contribution in [2.45, 2.75) is 19.5 Å². The molecular formula is C14H15ClN2. The number of hydrogen-bond acceptors (Lipinski definition) is 2. The molecule has 0 bridgehead atoms. The highest BCUT2D eigenvalue weighted by molar-refractivity contribution is 6.31. The van der Waals surface area contributed by atoms with E-state index in [4.69, 9.17) is 11.6 Å². The van der Waals surface area contributed by atoms with E-state index in [1.807, 2.05) is 48.8 Å². The van der Waals surface area contributed by atoms with E-state index >= 15 is 0 Å². The van der Waals surface area contributed by atoms with Crippen LogP contribution in [0.25, 0.3) is 0 Å². The number of nitrogens with zero attached hydrogens (tertiary/aromatic N) is 1. The van der Waals surface area contributed by atoms with Crippen LogP contribution >= 0.6 is 11.6 Å². The lowest BCUT2D eigenvalue weighted by molar-refractivity contribution is 0.574. The number of halogens is 1. The zero-order valence-corrected chi connectivity index (χ0v) is 10.5. The van der Waals surface area contributed by atoms with Gasteiger partial charge in [-0.05, 0) is 36.2 Å². The van der Waals surface area contributed by atoms with E-state index in [2.05, 4.69) is 17.2 Å². The van der Waals surface area contributed by atoms with Crippen molar-refractivity contribution in [3.8, 4) is 0 Å². The summed E-state index contributed by atoms with van der Waals surface area (Å²) in [6, 6.07) is 12.2. The van der Waals surface area contributed by atoms with Crippen molar-refractivity contribution in [1.29, 1.82) is 0 Å². The zero-order chi connectivity index (χ0) is 12.1. The molecule has 0 saturated heterocycles. The molecule has 0 spiro atoms. The van der Waals surface area contributed by atoms with E-state index in [9.17, 15) is 0 Å². The monoisotopic (exact) mass is 246 g/mol. The summed E-state index contributed by atoms with van der Waals surface area (Å²) in [6.45, 7) is 2.90. The van der Waals surface area contributed by atoms with E-state index in [1.54, 1.807) is 0 Å². The first-order valence-electron chi connectivity index (χ1n) is 5.64. The third kappa shape index (κ3) is 3.29. The second kappa shape index (κ2) is 5.80. The average Bonchev–Trinajstić information content (AvgIpc) is 2.38. The molecule has 1 aromatic carbocycles. The molecule has 1 atom stereocenters. The molecule has 2 rings (SSSR count). The molecule has 17 heavy (non-hydrogen) atoms. The molecule has 0 aliphatic carbocycles. The third-order valence-electron chi connectivity index (χ3n) is 2.76. The summed E-state index contributed by atoms with van der Waals surface area (Å²) in [4.78, 5) is 4.01. The first-order chi connectivity index (χ1) is 8.27. The summed E-state index contributed by atoms with van der Waals surface area (Å²) in [5.41, 5.74) is 2.35. The summed E-state index contributed by atoms with van der Waals surface area (Å²) >= 11 is 6.10. The minimum Gasteiger partial charge on any atom is -0.306 e. The van der Waals surface area contributed by atoms with Gasteiger partial charge in [0.25, 0.3) is 0 Å². The lowest BCUT2D eigenvalue weighted by atomic mass is 10.1. The van der Waals surface area contributed by atoms with Crippen molar-refractivity contribution in [2.24, 2.45) is 0 Å². The topological polar surface area (TPSA) is 24.9 Å². The number of hydrogen-bond donors (Lipinski definition) is 1. The van der Waals surface area contributed by atoms with Crippen molar-refractivity contribution in [1.82, 2.24) is 10.3 Å². The predicted molar refractivity (Wildman–Crippen MR) is 70.9 cm³/mol. The Morgan fingerprint density at radius 1 is 1.18 bits per heavy atom. The number of aromatic nitrogens is 1. The largest absolute Gasteiger partial charge is 0.306 e. The van der Waals surface area contributed by atoms with Gasteiger partial charge in [-0.2, -0.15) is 0 Å². The molecule has 88 valence electrons. The van der Waals surface area contributed by atoms with E-state index in [0.29, 0.717) is 0 Å². The minimum absolute atomic E-state index is 0.286. The van der Waals surface area contributed by atoms with Crippen LogP contribution in [0.15, 0.2) is 48.8 Å².